The molecule has 0 spiro atoms. The van der Waals surface area contributed by atoms with Crippen LogP contribution in [0.15, 0.2) is 60.9 Å². The van der Waals surface area contributed by atoms with Gasteiger partial charge in [0.05, 0.1) is 11.1 Å². The van der Waals surface area contributed by atoms with Gasteiger partial charge in [-0.2, -0.15) is 0 Å². The molecule has 5 nitrogen and oxygen atoms in total. The molecule has 0 radical (unpaired) electrons. The SMILES string of the molecule is Cc1cccc(NC(=O)c2cncc(C(=O)Nc3ccccc3C(C)C)c2)c1C. The summed E-state index contributed by atoms with van der Waals surface area (Å²) in [6.45, 7) is 8.10. The Morgan fingerprint density at radius 3 is 2.07 bits per heavy atom. The second-order valence-corrected chi connectivity index (χ2v) is 7.36. The molecule has 0 aliphatic rings. The second kappa shape index (κ2) is 8.69. The molecular formula is C24H25N3O2. The number of rotatable bonds is 5. The molecule has 0 unspecified atom stereocenters. The number of benzene rings is 2. The van der Waals surface area contributed by atoms with Crippen molar-refractivity contribution in [1.82, 2.24) is 4.98 Å². The van der Waals surface area contributed by atoms with Crippen LogP contribution in [0, 0.1) is 13.8 Å². The minimum atomic E-state index is -0.302. The average Bonchev–Trinajstić information content (AvgIpc) is 2.71. The van der Waals surface area contributed by atoms with Crippen molar-refractivity contribution in [2.24, 2.45) is 0 Å². The van der Waals surface area contributed by atoms with Gasteiger partial charge < -0.3 is 10.6 Å². The molecule has 0 aliphatic heterocycles. The maximum Gasteiger partial charge on any atom is 0.257 e. The Hall–Kier alpha value is -3.47. The molecule has 0 bridgehead atoms. The third-order valence-electron chi connectivity index (χ3n) is 4.95. The molecule has 1 aromatic heterocycles. The number of nitrogens with zero attached hydrogens (tertiary/aromatic N) is 1. The minimum absolute atomic E-state index is 0.277. The summed E-state index contributed by atoms with van der Waals surface area (Å²) in [5.74, 6) is -0.324. The fourth-order valence-electron chi connectivity index (χ4n) is 3.08. The van der Waals surface area contributed by atoms with E-state index in [1.165, 1.54) is 12.4 Å². The highest BCUT2D eigenvalue weighted by atomic mass is 16.2. The number of anilines is 2. The first-order valence-corrected chi connectivity index (χ1v) is 9.59. The first-order chi connectivity index (χ1) is 13.9. The van der Waals surface area contributed by atoms with Gasteiger partial charge in [-0.15, -0.1) is 0 Å². The van der Waals surface area contributed by atoms with E-state index >= 15 is 0 Å². The Morgan fingerprint density at radius 2 is 1.41 bits per heavy atom. The quantitative estimate of drug-likeness (QED) is 0.622. The fraction of sp³-hybridized carbons (Fsp3) is 0.208. The lowest BCUT2D eigenvalue weighted by atomic mass is 10.0. The lowest BCUT2D eigenvalue weighted by Crippen LogP contribution is -2.17. The number of carbonyl (C=O) groups is 2. The smallest absolute Gasteiger partial charge is 0.257 e. The van der Waals surface area contributed by atoms with E-state index in [0.717, 1.165) is 28.1 Å². The molecular weight excluding hydrogens is 362 g/mol. The van der Waals surface area contributed by atoms with E-state index in [4.69, 9.17) is 0 Å². The number of aryl methyl sites for hydroxylation is 1. The van der Waals surface area contributed by atoms with Crippen molar-refractivity contribution < 1.29 is 9.59 Å². The summed E-state index contributed by atoms with van der Waals surface area (Å²) in [5, 5.41) is 5.83. The van der Waals surface area contributed by atoms with Crippen molar-refractivity contribution in [1.29, 1.82) is 0 Å². The average molecular weight is 387 g/mol. The van der Waals surface area contributed by atoms with Crippen molar-refractivity contribution >= 4 is 23.2 Å². The van der Waals surface area contributed by atoms with Crippen LogP contribution in [-0.2, 0) is 0 Å². The van der Waals surface area contributed by atoms with Crippen LogP contribution in [0.5, 0.6) is 0 Å². The van der Waals surface area contributed by atoms with Crippen molar-refractivity contribution in [2.75, 3.05) is 10.6 Å². The molecule has 0 aliphatic carbocycles. The number of hydrogen-bond donors (Lipinski definition) is 2. The van der Waals surface area contributed by atoms with Crippen molar-refractivity contribution in [3.05, 3.63) is 88.7 Å². The molecule has 29 heavy (non-hydrogen) atoms. The molecule has 0 saturated heterocycles. The summed E-state index contributed by atoms with van der Waals surface area (Å²) in [4.78, 5) is 29.5. The highest BCUT2D eigenvalue weighted by Crippen LogP contribution is 2.24. The number of amides is 2. The Morgan fingerprint density at radius 1 is 0.828 bits per heavy atom. The van der Waals surface area contributed by atoms with Gasteiger partial charge in [-0.1, -0.05) is 44.2 Å². The summed E-state index contributed by atoms with van der Waals surface area (Å²) in [6.07, 6.45) is 2.92. The van der Waals surface area contributed by atoms with Crippen LogP contribution >= 0.6 is 0 Å². The van der Waals surface area contributed by atoms with Gasteiger partial charge in [0.15, 0.2) is 0 Å². The van der Waals surface area contributed by atoms with E-state index < -0.39 is 0 Å². The number of pyridine rings is 1. The van der Waals surface area contributed by atoms with Crippen LogP contribution in [0.2, 0.25) is 0 Å². The van der Waals surface area contributed by atoms with Gasteiger partial charge in [0, 0.05) is 23.8 Å². The van der Waals surface area contributed by atoms with Crippen LogP contribution in [0.25, 0.3) is 0 Å². The Kier molecular flexibility index (Phi) is 6.07. The molecule has 0 saturated carbocycles. The zero-order chi connectivity index (χ0) is 21.0. The predicted molar refractivity (Wildman–Crippen MR) is 117 cm³/mol. The maximum absolute atomic E-state index is 12.7. The highest BCUT2D eigenvalue weighted by Gasteiger charge is 2.15. The van der Waals surface area contributed by atoms with Gasteiger partial charge in [-0.05, 0) is 54.7 Å². The largest absolute Gasteiger partial charge is 0.322 e. The van der Waals surface area contributed by atoms with Gasteiger partial charge in [0.25, 0.3) is 11.8 Å². The molecule has 3 rings (SSSR count). The van der Waals surface area contributed by atoms with Gasteiger partial charge in [-0.3, -0.25) is 14.6 Å². The van der Waals surface area contributed by atoms with E-state index in [-0.39, 0.29) is 17.7 Å². The van der Waals surface area contributed by atoms with E-state index in [9.17, 15) is 9.59 Å². The van der Waals surface area contributed by atoms with Crippen LogP contribution in [0.4, 0.5) is 11.4 Å². The molecule has 148 valence electrons. The second-order valence-electron chi connectivity index (χ2n) is 7.36. The van der Waals surface area contributed by atoms with Crippen LogP contribution < -0.4 is 10.6 Å². The van der Waals surface area contributed by atoms with E-state index in [1.54, 1.807) is 6.07 Å². The van der Waals surface area contributed by atoms with E-state index in [1.807, 2.05) is 56.3 Å². The predicted octanol–water partition coefficient (Wildman–Crippen LogP) is 5.33. The monoisotopic (exact) mass is 387 g/mol. The maximum atomic E-state index is 12.7. The summed E-state index contributed by atoms with van der Waals surface area (Å²) < 4.78 is 0. The molecule has 2 aromatic carbocycles. The third-order valence-corrected chi connectivity index (χ3v) is 4.95. The van der Waals surface area contributed by atoms with Crippen LogP contribution in [-0.4, -0.2) is 16.8 Å². The van der Waals surface area contributed by atoms with E-state index in [0.29, 0.717) is 11.1 Å². The number of hydrogen-bond acceptors (Lipinski definition) is 3. The Balaban J connectivity index is 1.79. The van der Waals surface area contributed by atoms with Gasteiger partial charge in [0.2, 0.25) is 0 Å². The van der Waals surface area contributed by atoms with Gasteiger partial charge >= 0.3 is 0 Å². The van der Waals surface area contributed by atoms with Gasteiger partial charge in [-0.25, -0.2) is 0 Å². The molecule has 1 heterocycles. The zero-order valence-corrected chi connectivity index (χ0v) is 17.1. The fourth-order valence-corrected chi connectivity index (χ4v) is 3.08. The van der Waals surface area contributed by atoms with E-state index in [2.05, 4.69) is 29.5 Å². The summed E-state index contributed by atoms with van der Waals surface area (Å²) in [7, 11) is 0. The minimum Gasteiger partial charge on any atom is -0.322 e. The summed E-state index contributed by atoms with van der Waals surface area (Å²) in [5.41, 5.74) is 5.32. The first kappa shape index (κ1) is 20.3. The van der Waals surface area contributed by atoms with Crippen molar-refractivity contribution in [2.45, 2.75) is 33.6 Å². The topological polar surface area (TPSA) is 71.1 Å². The Labute approximate surface area is 171 Å². The molecule has 2 N–H and O–H groups in total. The molecule has 5 heteroatoms. The number of aromatic nitrogens is 1. The number of carbonyl (C=O) groups excluding carboxylic acids is 2. The molecule has 0 fully saturated rings. The van der Waals surface area contributed by atoms with Crippen molar-refractivity contribution in [3.63, 3.8) is 0 Å². The molecule has 2 amide bonds. The normalized spacial score (nSPS) is 10.7. The summed E-state index contributed by atoms with van der Waals surface area (Å²) >= 11 is 0. The Bertz CT molecular complexity index is 1060. The van der Waals surface area contributed by atoms with Gasteiger partial charge in [0.1, 0.15) is 0 Å². The number of nitrogens with one attached hydrogen (secondary N) is 2. The van der Waals surface area contributed by atoms with Crippen molar-refractivity contribution in [3.8, 4) is 0 Å². The lowest BCUT2D eigenvalue weighted by Gasteiger charge is -2.14. The number of para-hydroxylation sites is 1. The highest BCUT2D eigenvalue weighted by molar-refractivity contribution is 6.08. The van der Waals surface area contributed by atoms with Crippen LogP contribution in [0.1, 0.15) is 57.2 Å². The lowest BCUT2D eigenvalue weighted by molar-refractivity contribution is 0.102. The standard InChI is InChI=1S/C24H25N3O2/c1-15(2)20-9-5-6-10-22(20)27-24(29)19-12-18(13-25-14-19)23(28)26-21-11-7-8-16(3)17(21)4/h5-15H,1-4H3,(H,26,28)(H,27,29). The molecule has 0 atom stereocenters. The molecule has 3 aromatic rings. The summed E-state index contributed by atoms with van der Waals surface area (Å²) in [6, 6.07) is 15.0. The first-order valence-electron chi connectivity index (χ1n) is 9.59. The third kappa shape index (κ3) is 4.69. The van der Waals surface area contributed by atoms with Crippen LogP contribution in [0.3, 0.4) is 0 Å². The zero-order valence-electron chi connectivity index (χ0n) is 17.1.